The summed E-state index contributed by atoms with van der Waals surface area (Å²) >= 11 is 0. The molecule has 26 nitrogen and oxygen atoms in total. The molecule has 1 aliphatic heterocycles. The van der Waals surface area contributed by atoms with Crippen LogP contribution in [0.4, 0.5) is 8.78 Å². The van der Waals surface area contributed by atoms with E-state index in [1.807, 2.05) is 44.2 Å². The number of nitrogens with one attached hydrogen (secondary N) is 11. The quantitative estimate of drug-likeness (QED) is 0.0328. The summed E-state index contributed by atoms with van der Waals surface area (Å²) in [6.45, 7) is 15.0. The number of unbranched alkanes of at least 4 members (excludes halogenated alkanes) is 4. The Kier molecular flexibility index (Phi) is 32.9. The zero-order valence-electron chi connectivity index (χ0n) is 54.7. The van der Waals surface area contributed by atoms with Gasteiger partial charge in [-0.1, -0.05) is 150 Å². The van der Waals surface area contributed by atoms with Crippen LogP contribution in [0.5, 0.6) is 0 Å². The van der Waals surface area contributed by atoms with Crippen molar-refractivity contribution in [3.8, 4) is 0 Å². The van der Waals surface area contributed by atoms with Gasteiger partial charge in [0.05, 0.1) is 19.2 Å². The zero-order chi connectivity index (χ0) is 68.3. The van der Waals surface area contributed by atoms with Gasteiger partial charge in [0.2, 0.25) is 71.4 Å². The van der Waals surface area contributed by atoms with Gasteiger partial charge in [0.25, 0.3) is 0 Å². The Bertz CT molecular complexity index is 2620. The van der Waals surface area contributed by atoms with Crippen molar-refractivity contribution in [2.45, 2.75) is 238 Å². The van der Waals surface area contributed by atoms with Gasteiger partial charge in [-0.3, -0.25) is 52.7 Å². The van der Waals surface area contributed by atoms with E-state index < -0.39 is 187 Å². The number of hydrogen-bond acceptors (Lipinski definition) is 15. The molecule has 512 valence electrons. The molecule has 16 atom stereocenters. The third-order valence-electron chi connectivity index (χ3n) is 17.5. The molecule has 0 unspecified atom stereocenters. The molecule has 0 bridgehead atoms. The molecular weight excluding hydrogens is 1190 g/mol. The fraction of sp³-hybridized carbons (Fsp3) is 0.714. The molecular formula is C63H102F2N12O14. The van der Waals surface area contributed by atoms with Crippen LogP contribution in [0.25, 0.3) is 0 Å². The van der Waals surface area contributed by atoms with Crippen LogP contribution in [-0.2, 0) is 68.7 Å². The Morgan fingerprint density at radius 2 is 1.18 bits per heavy atom. The third-order valence-corrected chi connectivity index (χ3v) is 17.5. The molecule has 1 saturated carbocycles. The SMILES string of the molecule is CCCCCCC[C@H](NC(=O)[C@@H](NC(=O)[C@@H](Cc1ccccc1)NC)[C@@H](C)CC)C(=O)N[C@H](CCC(N)=O)C(=O)N[C@@H](C(=O)N[C@H](C(=O)N[C@@H](CO)C(=O)N[C@H]1C(=O)NCC(=O)N[C@@]2(C[C@H]2CC(F)F)C(=O)N[C@@H]([C@@H](C)CC)C(=O)O[C@H]1C)[C@@H](C)CC)[C@@H](C)CC. The maximum absolute atomic E-state index is 14.5. The zero-order valence-corrected chi connectivity index (χ0v) is 54.7. The van der Waals surface area contributed by atoms with Crippen molar-refractivity contribution in [3.05, 3.63) is 35.9 Å². The highest BCUT2D eigenvalue weighted by Crippen LogP contribution is 2.47. The molecule has 0 aromatic heterocycles. The lowest BCUT2D eigenvalue weighted by atomic mass is 9.94. The van der Waals surface area contributed by atoms with Crippen LogP contribution in [0.2, 0.25) is 0 Å². The highest BCUT2D eigenvalue weighted by molar-refractivity contribution is 6.00. The largest absolute Gasteiger partial charge is 0.458 e. The van der Waals surface area contributed by atoms with Gasteiger partial charge in [-0.05, 0) is 74.8 Å². The maximum atomic E-state index is 14.5. The number of amides is 11. The van der Waals surface area contributed by atoms with Gasteiger partial charge < -0.3 is 74.1 Å². The number of carbonyl (C=O) groups excluding carboxylic acids is 12. The fourth-order valence-electron chi connectivity index (χ4n) is 10.6. The summed E-state index contributed by atoms with van der Waals surface area (Å²) < 4.78 is 32.7. The summed E-state index contributed by atoms with van der Waals surface area (Å²) in [6, 6.07) is -3.08. The number of rotatable bonds is 37. The molecule has 91 heavy (non-hydrogen) atoms. The van der Waals surface area contributed by atoms with Gasteiger partial charge in [0, 0.05) is 12.8 Å². The minimum Gasteiger partial charge on any atom is -0.458 e. The molecule has 1 saturated heterocycles. The van der Waals surface area contributed by atoms with E-state index in [1.54, 1.807) is 55.5 Å². The number of esters is 1. The Hall–Kier alpha value is -7.36. The highest BCUT2D eigenvalue weighted by atomic mass is 19.3. The van der Waals surface area contributed by atoms with Gasteiger partial charge in [-0.25, -0.2) is 13.6 Å². The molecule has 1 heterocycles. The predicted molar refractivity (Wildman–Crippen MR) is 333 cm³/mol. The number of halogens is 2. The number of alkyl halides is 2. The lowest BCUT2D eigenvalue weighted by Gasteiger charge is -2.31. The molecule has 1 aromatic carbocycles. The van der Waals surface area contributed by atoms with Crippen molar-refractivity contribution < 1.29 is 76.2 Å². The standard InChI is InChI=1S/C63H102F2N12O14/c1-12-17-18-19-23-26-41(70-58(86)48(34(6)13-2)73-55(83)43(67-11)29-39-24-21-20-22-25-39)53(81)69-42(27-28-46(66)79)54(82)72-50(36(8)15-4)60(88)74-49(35(7)14-3)59(87)71-44(33-78)56(84)75-52-38(10)91-61(89)51(37(9)16-5)76-62(90)63(31-40(63)30-45(64)65)77-47(80)32-68-57(52)85/h20-22,24-25,34-38,40-45,48-52,67,78H,12-19,23,26-33H2,1-11H3,(H2,66,79)(H,68,85)(H,69,81)(H,70,86)(H,71,87)(H,72,82)(H,73,83)(H,74,88)(H,75,84)(H,76,90)(H,77,80)/t34-,35-,36-,37-,38-,40+,41-,42+,43+,44-,48-,49-,50+,51-,52+,63+/m0/s1. The molecule has 11 amide bonds. The smallest absolute Gasteiger partial charge is 0.329 e. The second-order valence-electron chi connectivity index (χ2n) is 24.5. The van der Waals surface area contributed by atoms with Gasteiger partial charge in [0.15, 0.2) is 0 Å². The summed E-state index contributed by atoms with van der Waals surface area (Å²) in [5.41, 5.74) is 4.63. The number of aliphatic hydroxyl groups is 1. The Balaban J connectivity index is 1.89. The molecule has 1 aliphatic carbocycles. The molecule has 14 N–H and O–H groups in total. The highest BCUT2D eigenvalue weighted by Gasteiger charge is 2.62. The summed E-state index contributed by atoms with van der Waals surface area (Å²) in [7, 11) is 1.64. The van der Waals surface area contributed by atoms with E-state index in [4.69, 9.17) is 10.5 Å². The van der Waals surface area contributed by atoms with E-state index >= 15 is 0 Å². The minimum absolute atomic E-state index is 0.137. The lowest BCUT2D eigenvalue weighted by molar-refractivity contribution is -0.157. The first-order valence-corrected chi connectivity index (χ1v) is 32.2. The van der Waals surface area contributed by atoms with E-state index in [9.17, 15) is 71.4 Å². The van der Waals surface area contributed by atoms with E-state index in [2.05, 4.69) is 58.5 Å². The fourth-order valence-corrected chi connectivity index (χ4v) is 10.6. The number of likely N-dealkylation sites (N-methyl/N-ethyl adjacent to an activating group) is 1. The average molecular weight is 1290 g/mol. The molecule has 3 rings (SSSR count). The van der Waals surface area contributed by atoms with Crippen LogP contribution >= 0.6 is 0 Å². The number of primary amides is 1. The van der Waals surface area contributed by atoms with Gasteiger partial charge in [0.1, 0.15) is 60.0 Å². The summed E-state index contributed by atoms with van der Waals surface area (Å²) in [6.07, 6.45) is -0.251. The third kappa shape index (κ3) is 24.0. The van der Waals surface area contributed by atoms with Crippen LogP contribution in [-0.4, -0.2) is 169 Å². The Labute approximate surface area is 533 Å². The number of benzene rings is 1. The molecule has 0 radical (unpaired) electrons. The number of nitrogens with two attached hydrogens (primary N) is 1. The van der Waals surface area contributed by atoms with Crippen molar-refractivity contribution in [1.29, 1.82) is 0 Å². The Morgan fingerprint density at radius 3 is 1.69 bits per heavy atom. The number of carbonyl (C=O) groups is 12. The van der Waals surface area contributed by atoms with E-state index in [-0.39, 0.29) is 44.4 Å². The topological polar surface area (TPSA) is 393 Å². The first-order valence-electron chi connectivity index (χ1n) is 32.2. The summed E-state index contributed by atoms with van der Waals surface area (Å²) in [5, 5.41) is 39.4. The lowest BCUT2D eigenvalue weighted by Crippen LogP contribution is -2.63. The maximum Gasteiger partial charge on any atom is 0.329 e. The number of ether oxygens (including phenoxy) is 1. The summed E-state index contributed by atoms with van der Waals surface area (Å²) in [4.78, 5) is 167. The van der Waals surface area contributed by atoms with Crippen LogP contribution < -0.4 is 64.2 Å². The molecule has 2 fully saturated rings. The van der Waals surface area contributed by atoms with Crippen LogP contribution in [0.15, 0.2) is 30.3 Å². The van der Waals surface area contributed by atoms with Crippen molar-refractivity contribution in [2.24, 2.45) is 35.3 Å². The van der Waals surface area contributed by atoms with Gasteiger partial charge >= 0.3 is 5.97 Å². The molecule has 2 aliphatic rings. The Morgan fingerprint density at radius 1 is 0.670 bits per heavy atom. The number of cyclic esters (lactones) is 1. The second-order valence-corrected chi connectivity index (χ2v) is 24.5. The van der Waals surface area contributed by atoms with E-state index in [0.717, 1.165) is 24.8 Å². The molecule has 1 aromatic rings. The first-order chi connectivity index (χ1) is 43.1. The number of aliphatic hydroxyl groups excluding tert-OH is 1. The van der Waals surface area contributed by atoms with Crippen molar-refractivity contribution in [2.75, 3.05) is 20.2 Å². The summed E-state index contributed by atoms with van der Waals surface area (Å²) in [5.74, 6) is -14.0. The van der Waals surface area contributed by atoms with Crippen LogP contribution in [0.1, 0.15) is 165 Å². The minimum atomic E-state index is -2.82. The van der Waals surface area contributed by atoms with Crippen molar-refractivity contribution in [1.82, 2.24) is 58.5 Å². The van der Waals surface area contributed by atoms with Crippen LogP contribution in [0.3, 0.4) is 0 Å². The number of hydrogen-bond donors (Lipinski definition) is 13. The average Bonchev–Trinajstić information content (AvgIpc) is 1.58. The first kappa shape index (κ1) is 77.9. The van der Waals surface area contributed by atoms with E-state index in [0.29, 0.717) is 32.1 Å². The van der Waals surface area contributed by atoms with Gasteiger partial charge in [-0.2, -0.15) is 0 Å². The van der Waals surface area contributed by atoms with Gasteiger partial charge in [-0.15, -0.1) is 0 Å². The van der Waals surface area contributed by atoms with Crippen LogP contribution in [0, 0.1) is 29.6 Å². The van der Waals surface area contributed by atoms with Crippen molar-refractivity contribution in [3.63, 3.8) is 0 Å². The molecule has 28 heteroatoms. The molecule has 1 spiro atoms. The normalized spacial score (nSPS) is 22.2. The monoisotopic (exact) mass is 1290 g/mol. The predicted octanol–water partition coefficient (Wildman–Crippen LogP) is 1.09. The van der Waals surface area contributed by atoms with E-state index in [1.165, 1.54) is 6.92 Å². The van der Waals surface area contributed by atoms with Crippen molar-refractivity contribution >= 4 is 70.9 Å². The second kappa shape index (κ2) is 38.5.